The van der Waals surface area contributed by atoms with Crippen LogP contribution >= 0.6 is 0 Å². The number of hydrogen-bond acceptors (Lipinski definition) is 4. The van der Waals surface area contributed by atoms with Crippen molar-refractivity contribution in [3.05, 3.63) is 83.2 Å². The molecule has 0 amide bonds. The fraction of sp³-hybridized carbons (Fsp3) is 0.379. The predicted octanol–water partition coefficient (Wildman–Crippen LogP) is 6.50. The Bertz CT molecular complexity index is 1070. The first-order valence-electron chi connectivity index (χ1n) is 12.1. The van der Waals surface area contributed by atoms with Crippen molar-refractivity contribution < 1.29 is 18.6 Å². The summed E-state index contributed by atoms with van der Waals surface area (Å²) in [5.74, 6) is 2.64. The zero-order chi connectivity index (χ0) is 23.8. The molecule has 5 rings (SSSR count). The lowest BCUT2D eigenvalue weighted by Crippen LogP contribution is -2.31. The molecule has 3 aromatic rings. The summed E-state index contributed by atoms with van der Waals surface area (Å²) >= 11 is 0. The lowest BCUT2D eigenvalue weighted by Gasteiger charge is -2.19. The molecule has 1 atom stereocenters. The largest absolute Gasteiger partial charge is 0.493 e. The zero-order valence-electron chi connectivity index (χ0n) is 20.1. The molecule has 4 nitrogen and oxygen atoms in total. The standard InChI is InChI=1S/C29H34FNO3/c1-32-26-15-10-22-5-3-4-6-25(31-18-17-21-7-12-24(30)13-8-21)14-9-23-11-16-27(28(19-23)33-2)34-29(26)20-22/h7-8,10-13,15-16,19-20,25,31H,3-6,9,14,17-18H2,1-2H3. The first-order valence-corrected chi connectivity index (χ1v) is 12.1. The number of ether oxygens (including phenoxy) is 3. The Morgan fingerprint density at radius 1 is 0.824 bits per heavy atom. The molecule has 34 heavy (non-hydrogen) atoms. The monoisotopic (exact) mass is 463 g/mol. The Morgan fingerprint density at radius 3 is 2.38 bits per heavy atom. The van der Waals surface area contributed by atoms with Crippen molar-refractivity contribution in [1.82, 2.24) is 5.32 Å². The van der Waals surface area contributed by atoms with Crippen LogP contribution in [-0.2, 0) is 19.3 Å². The number of halogens is 1. The minimum Gasteiger partial charge on any atom is -0.493 e. The molecule has 0 fully saturated rings. The van der Waals surface area contributed by atoms with Crippen LogP contribution in [0.2, 0.25) is 0 Å². The van der Waals surface area contributed by atoms with Crippen molar-refractivity contribution in [3.8, 4) is 23.0 Å². The topological polar surface area (TPSA) is 39.7 Å². The van der Waals surface area contributed by atoms with E-state index in [-0.39, 0.29) is 5.82 Å². The van der Waals surface area contributed by atoms with Gasteiger partial charge in [0.05, 0.1) is 14.2 Å². The van der Waals surface area contributed by atoms with E-state index >= 15 is 0 Å². The van der Waals surface area contributed by atoms with Crippen LogP contribution < -0.4 is 19.5 Å². The Hall–Kier alpha value is -3.05. The molecule has 5 heteroatoms. The quantitative estimate of drug-likeness (QED) is 0.453. The zero-order valence-corrected chi connectivity index (χ0v) is 20.1. The van der Waals surface area contributed by atoms with Crippen LogP contribution in [0, 0.1) is 5.82 Å². The molecular weight excluding hydrogens is 429 g/mol. The number of aryl methyl sites for hydroxylation is 2. The first-order chi connectivity index (χ1) is 16.6. The van der Waals surface area contributed by atoms with E-state index in [1.165, 1.54) is 23.3 Å². The predicted molar refractivity (Wildman–Crippen MR) is 134 cm³/mol. The van der Waals surface area contributed by atoms with Crippen LogP contribution in [-0.4, -0.2) is 26.8 Å². The summed E-state index contributed by atoms with van der Waals surface area (Å²) in [6, 6.07) is 19.6. The lowest BCUT2D eigenvalue weighted by molar-refractivity contribution is 0.356. The minimum atomic E-state index is -0.186. The van der Waals surface area contributed by atoms with Gasteiger partial charge in [0.25, 0.3) is 0 Å². The smallest absolute Gasteiger partial charge is 0.169 e. The van der Waals surface area contributed by atoms with Gasteiger partial charge in [-0.05, 0) is 98.2 Å². The van der Waals surface area contributed by atoms with Gasteiger partial charge in [0.1, 0.15) is 5.82 Å². The van der Waals surface area contributed by atoms with Crippen molar-refractivity contribution in [3.63, 3.8) is 0 Å². The van der Waals surface area contributed by atoms with Crippen molar-refractivity contribution in [2.24, 2.45) is 0 Å². The van der Waals surface area contributed by atoms with Gasteiger partial charge in [-0.25, -0.2) is 4.39 Å². The van der Waals surface area contributed by atoms with Gasteiger partial charge in [-0.2, -0.15) is 0 Å². The van der Waals surface area contributed by atoms with Crippen molar-refractivity contribution >= 4 is 0 Å². The number of hydrogen-bond donors (Lipinski definition) is 1. The van der Waals surface area contributed by atoms with E-state index in [4.69, 9.17) is 14.2 Å². The normalized spacial score (nSPS) is 16.3. The average molecular weight is 464 g/mol. The third kappa shape index (κ3) is 6.51. The number of rotatable bonds is 6. The molecule has 0 saturated carbocycles. The molecule has 2 aliphatic rings. The van der Waals surface area contributed by atoms with Crippen LogP contribution in [0.1, 0.15) is 42.4 Å². The highest BCUT2D eigenvalue weighted by Crippen LogP contribution is 2.38. The fourth-order valence-corrected chi connectivity index (χ4v) is 4.51. The first kappa shape index (κ1) is 24.1. The molecule has 2 aliphatic heterocycles. The van der Waals surface area contributed by atoms with Gasteiger partial charge in [-0.1, -0.05) is 30.7 Å². The lowest BCUT2D eigenvalue weighted by atomic mass is 9.98. The van der Waals surface area contributed by atoms with E-state index in [2.05, 4.69) is 29.6 Å². The second-order valence-corrected chi connectivity index (χ2v) is 8.88. The van der Waals surface area contributed by atoms with E-state index in [0.29, 0.717) is 23.3 Å². The molecule has 2 heterocycles. The maximum atomic E-state index is 13.2. The number of methoxy groups -OCH3 is 2. The van der Waals surface area contributed by atoms with Gasteiger partial charge in [0, 0.05) is 6.04 Å². The van der Waals surface area contributed by atoms with E-state index in [1.807, 2.05) is 24.3 Å². The molecule has 1 unspecified atom stereocenters. The van der Waals surface area contributed by atoms with E-state index in [9.17, 15) is 4.39 Å². The SMILES string of the molecule is COc1cc2ccc1Oc1cc(ccc1OC)CCCCC(NCCc1ccc(F)cc1)CC2. The third-order valence-corrected chi connectivity index (χ3v) is 6.49. The van der Waals surface area contributed by atoms with Gasteiger partial charge in [-0.3, -0.25) is 0 Å². The highest BCUT2D eigenvalue weighted by Gasteiger charge is 2.15. The molecule has 180 valence electrons. The van der Waals surface area contributed by atoms with Crippen molar-refractivity contribution in [2.45, 2.75) is 51.0 Å². The number of nitrogens with one attached hydrogen (secondary N) is 1. The molecule has 3 aromatic carbocycles. The number of benzene rings is 3. The molecular formula is C29H34FNO3. The highest BCUT2D eigenvalue weighted by atomic mass is 19.1. The molecule has 0 radical (unpaired) electrons. The van der Waals surface area contributed by atoms with E-state index in [1.54, 1.807) is 14.2 Å². The van der Waals surface area contributed by atoms with Crippen LogP contribution in [0.3, 0.4) is 0 Å². The summed E-state index contributed by atoms with van der Waals surface area (Å²) in [7, 11) is 3.33. The van der Waals surface area contributed by atoms with Gasteiger partial charge < -0.3 is 19.5 Å². The van der Waals surface area contributed by atoms with Crippen LogP contribution in [0.15, 0.2) is 60.7 Å². The Balaban J connectivity index is 1.48. The number of fused-ring (bicyclic) bond motifs is 8. The van der Waals surface area contributed by atoms with E-state index in [0.717, 1.165) is 62.8 Å². The van der Waals surface area contributed by atoms with E-state index < -0.39 is 0 Å². The summed E-state index contributed by atoms with van der Waals surface area (Å²) in [5, 5.41) is 3.75. The van der Waals surface area contributed by atoms with Crippen LogP contribution in [0.5, 0.6) is 23.0 Å². The molecule has 0 spiro atoms. The van der Waals surface area contributed by atoms with Crippen LogP contribution in [0.25, 0.3) is 0 Å². The Labute approximate surface area is 202 Å². The molecule has 4 bridgehead atoms. The van der Waals surface area contributed by atoms with Gasteiger partial charge in [0.2, 0.25) is 0 Å². The molecule has 0 aromatic heterocycles. The van der Waals surface area contributed by atoms with Crippen molar-refractivity contribution in [1.29, 1.82) is 0 Å². The van der Waals surface area contributed by atoms with Crippen LogP contribution in [0.4, 0.5) is 4.39 Å². The summed E-state index contributed by atoms with van der Waals surface area (Å²) in [6.45, 7) is 0.883. The van der Waals surface area contributed by atoms with Gasteiger partial charge in [-0.15, -0.1) is 0 Å². The second kappa shape index (κ2) is 11.9. The van der Waals surface area contributed by atoms with Gasteiger partial charge >= 0.3 is 0 Å². The maximum Gasteiger partial charge on any atom is 0.169 e. The highest BCUT2D eigenvalue weighted by molar-refractivity contribution is 5.50. The fourth-order valence-electron chi connectivity index (χ4n) is 4.51. The van der Waals surface area contributed by atoms with Crippen molar-refractivity contribution in [2.75, 3.05) is 20.8 Å². The average Bonchev–Trinajstić information content (AvgIpc) is 2.86. The summed E-state index contributed by atoms with van der Waals surface area (Å²) in [5.41, 5.74) is 3.62. The van der Waals surface area contributed by atoms with Gasteiger partial charge in [0.15, 0.2) is 23.0 Å². The Kier molecular flexibility index (Phi) is 8.42. The minimum absolute atomic E-state index is 0.186. The maximum absolute atomic E-state index is 13.2. The molecule has 0 saturated heterocycles. The summed E-state index contributed by atoms with van der Waals surface area (Å²) in [4.78, 5) is 0. The summed E-state index contributed by atoms with van der Waals surface area (Å²) in [6.07, 6.45) is 7.30. The Morgan fingerprint density at radius 2 is 1.59 bits per heavy atom. The molecule has 0 aliphatic carbocycles. The second-order valence-electron chi connectivity index (χ2n) is 8.88. The summed E-state index contributed by atoms with van der Waals surface area (Å²) < 4.78 is 30.6. The third-order valence-electron chi connectivity index (χ3n) is 6.49. The molecule has 1 N–H and O–H groups in total.